The molecule has 0 aliphatic rings. The number of para-hydroxylation sites is 1. The number of anilines is 1. The van der Waals surface area contributed by atoms with Gasteiger partial charge in [-0.1, -0.05) is 12.1 Å². The molecule has 2 aromatic carbocycles. The zero-order chi connectivity index (χ0) is 19.4. The van der Waals surface area contributed by atoms with Crippen molar-refractivity contribution in [1.82, 2.24) is 4.98 Å². The molecule has 0 saturated heterocycles. The molecule has 1 N–H and O–H groups in total. The highest BCUT2D eigenvalue weighted by molar-refractivity contribution is 7.16. The molecule has 0 radical (unpaired) electrons. The van der Waals surface area contributed by atoms with Crippen LogP contribution < -0.4 is 19.5 Å². The Morgan fingerprint density at radius 3 is 2.37 bits per heavy atom. The summed E-state index contributed by atoms with van der Waals surface area (Å²) in [6, 6.07) is 12.7. The van der Waals surface area contributed by atoms with Gasteiger partial charge >= 0.3 is 0 Å². The van der Waals surface area contributed by atoms with Gasteiger partial charge in [0, 0.05) is 10.4 Å². The minimum absolute atomic E-state index is 0.264. The van der Waals surface area contributed by atoms with Crippen molar-refractivity contribution < 1.29 is 19.0 Å². The lowest BCUT2D eigenvalue weighted by molar-refractivity contribution is 0.102. The molecule has 0 aliphatic heterocycles. The second kappa shape index (κ2) is 8.09. The fraction of sp³-hybridized carbons (Fsp3) is 0.200. The Morgan fingerprint density at radius 2 is 1.67 bits per heavy atom. The third-order valence-electron chi connectivity index (χ3n) is 4.03. The molecule has 140 valence electrons. The number of benzene rings is 2. The molecule has 0 fully saturated rings. The maximum absolute atomic E-state index is 12.6. The topological polar surface area (TPSA) is 69.7 Å². The standard InChI is InChI=1S/C20H20N2O4S/c1-12-18(13-9-10-16(25-3)17(11-13)26-4)21-20(27-12)22-19(23)14-7-5-6-8-15(14)24-2/h5-11H,1-4H3,(H,21,22,23). The lowest BCUT2D eigenvalue weighted by Gasteiger charge is -2.09. The third kappa shape index (κ3) is 3.88. The molecule has 0 aliphatic carbocycles. The Labute approximate surface area is 161 Å². The van der Waals surface area contributed by atoms with Gasteiger partial charge in [-0.15, -0.1) is 11.3 Å². The van der Waals surface area contributed by atoms with Crippen LogP contribution in [0.4, 0.5) is 5.13 Å². The van der Waals surface area contributed by atoms with Gasteiger partial charge in [0.15, 0.2) is 16.6 Å². The molecule has 1 aromatic heterocycles. The predicted octanol–water partition coefficient (Wildman–Crippen LogP) is 4.40. The number of rotatable bonds is 6. The van der Waals surface area contributed by atoms with Gasteiger partial charge < -0.3 is 14.2 Å². The van der Waals surface area contributed by atoms with Crippen LogP contribution in [0.1, 0.15) is 15.2 Å². The first kappa shape index (κ1) is 18.7. The number of thiazole rings is 1. The van der Waals surface area contributed by atoms with E-state index in [-0.39, 0.29) is 5.91 Å². The van der Waals surface area contributed by atoms with Crippen LogP contribution in [0.3, 0.4) is 0 Å². The maximum atomic E-state index is 12.6. The average molecular weight is 384 g/mol. The number of aromatic nitrogens is 1. The molecule has 3 rings (SSSR count). The molecule has 1 amide bonds. The Morgan fingerprint density at radius 1 is 0.963 bits per heavy atom. The van der Waals surface area contributed by atoms with E-state index in [4.69, 9.17) is 14.2 Å². The minimum Gasteiger partial charge on any atom is -0.496 e. The van der Waals surface area contributed by atoms with E-state index in [9.17, 15) is 4.79 Å². The average Bonchev–Trinajstić information content (AvgIpc) is 3.07. The second-order valence-electron chi connectivity index (χ2n) is 5.65. The molecule has 3 aromatic rings. The zero-order valence-corrected chi connectivity index (χ0v) is 16.3. The van der Waals surface area contributed by atoms with Crippen molar-refractivity contribution in [1.29, 1.82) is 0 Å². The van der Waals surface area contributed by atoms with Crippen molar-refractivity contribution in [3.8, 4) is 28.5 Å². The number of ether oxygens (including phenoxy) is 3. The minimum atomic E-state index is -0.264. The van der Waals surface area contributed by atoms with Crippen LogP contribution in [0.15, 0.2) is 42.5 Å². The molecule has 27 heavy (non-hydrogen) atoms. The number of carbonyl (C=O) groups excluding carboxylic acids is 1. The van der Waals surface area contributed by atoms with Crippen LogP contribution in [0.5, 0.6) is 17.2 Å². The number of hydrogen-bond donors (Lipinski definition) is 1. The summed E-state index contributed by atoms with van der Waals surface area (Å²) >= 11 is 1.41. The van der Waals surface area contributed by atoms with Crippen molar-refractivity contribution in [3.63, 3.8) is 0 Å². The number of nitrogens with zero attached hydrogens (tertiary/aromatic N) is 1. The summed E-state index contributed by atoms with van der Waals surface area (Å²) in [7, 11) is 4.72. The van der Waals surface area contributed by atoms with Crippen LogP contribution in [0.2, 0.25) is 0 Å². The van der Waals surface area contributed by atoms with E-state index < -0.39 is 0 Å². The highest BCUT2D eigenvalue weighted by atomic mass is 32.1. The molecular formula is C20H20N2O4S. The second-order valence-corrected chi connectivity index (χ2v) is 6.85. The molecule has 0 unspecified atom stereocenters. The molecule has 1 heterocycles. The van der Waals surface area contributed by atoms with Gasteiger partial charge in [-0.25, -0.2) is 4.98 Å². The van der Waals surface area contributed by atoms with Crippen LogP contribution >= 0.6 is 11.3 Å². The third-order valence-corrected chi connectivity index (χ3v) is 4.91. The molecule has 0 atom stereocenters. The predicted molar refractivity (Wildman–Crippen MR) is 106 cm³/mol. The fourth-order valence-corrected chi connectivity index (χ4v) is 3.53. The largest absolute Gasteiger partial charge is 0.496 e. The highest BCUT2D eigenvalue weighted by Gasteiger charge is 2.17. The van der Waals surface area contributed by atoms with Crippen LogP contribution in [0, 0.1) is 6.92 Å². The van der Waals surface area contributed by atoms with E-state index in [0.29, 0.717) is 27.9 Å². The Hall–Kier alpha value is -3.06. The van der Waals surface area contributed by atoms with Crippen molar-refractivity contribution >= 4 is 22.4 Å². The van der Waals surface area contributed by atoms with Crippen LogP contribution in [0.25, 0.3) is 11.3 Å². The SMILES string of the molecule is COc1ccc(-c2nc(NC(=O)c3ccccc3OC)sc2C)cc1OC. The molecular weight excluding hydrogens is 364 g/mol. The van der Waals surface area contributed by atoms with Gasteiger partial charge in [0.25, 0.3) is 5.91 Å². The monoisotopic (exact) mass is 384 g/mol. The first-order valence-corrected chi connectivity index (χ1v) is 9.03. The normalized spacial score (nSPS) is 10.4. The summed E-state index contributed by atoms with van der Waals surface area (Å²) < 4.78 is 15.9. The summed E-state index contributed by atoms with van der Waals surface area (Å²) in [6.07, 6.45) is 0. The lowest BCUT2D eigenvalue weighted by atomic mass is 10.1. The van der Waals surface area contributed by atoms with E-state index >= 15 is 0 Å². The van der Waals surface area contributed by atoms with Crippen LogP contribution in [-0.2, 0) is 0 Å². The molecule has 0 spiro atoms. The van der Waals surface area contributed by atoms with Gasteiger partial charge in [-0.2, -0.15) is 0 Å². The molecule has 7 heteroatoms. The number of methoxy groups -OCH3 is 3. The number of carbonyl (C=O) groups is 1. The van der Waals surface area contributed by atoms with Gasteiger partial charge in [-0.05, 0) is 37.3 Å². The van der Waals surface area contributed by atoms with Crippen molar-refractivity contribution in [3.05, 3.63) is 52.9 Å². The lowest BCUT2D eigenvalue weighted by Crippen LogP contribution is -2.12. The first-order chi connectivity index (χ1) is 13.1. The zero-order valence-electron chi connectivity index (χ0n) is 15.5. The Kier molecular flexibility index (Phi) is 5.61. The number of amides is 1. The van der Waals surface area contributed by atoms with E-state index in [0.717, 1.165) is 16.1 Å². The fourth-order valence-electron chi connectivity index (χ4n) is 2.70. The van der Waals surface area contributed by atoms with Gasteiger partial charge in [0.1, 0.15) is 5.75 Å². The Bertz CT molecular complexity index is 968. The maximum Gasteiger partial charge on any atom is 0.261 e. The number of hydrogen-bond acceptors (Lipinski definition) is 6. The van der Waals surface area contributed by atoms with Crippen molar-refractivity contribution in [2.24, 2.45) is 0 Å². The summed E-state index contributed by atoms with van der Waals surface area (Å²) in [5.74, 6) is 1.53. The molecule has 6 nitrogen and oxygen atoms in total. The Balaban J connectivity index is 1.88. The smallest absolute Gasteiger partial charge is 0.261 e. The van der Waals surface area contributed by atoms with Gasteiger partial charge in [-0.3, -0.25) is 10.1 Å². The van der Waals surface area contributed by atoms with Crippen LogP contribution in [-0.4, -0.2) is 32.2 Å². The van der Waals surface area contributed by atoms with E-state index in [2.05, 4.69) is 10.3 Å². The quantitative estimate of drug-likeness (QED) is 0.682. The van der Waals surface area contributed by atoms with E-state index in [1.165, 1.54) is 18.4 Å². The summed E-state index contributed by atoms with van der Waals surface area (Å²) in [5.41, 5.74) is 2.14. The van der Waals surface area contributed by atoms with Crippen molar-refractivity contribution in [2.45, 2.75) is 6.92 Å². The number of nitrogens with one attached hydrogen (secondary N) is 1. The number of aryl methyl sites for hydroxylation is 1. The molecule has 0 saturated carbocycles. The van der Waals surface area contributed by atoms with E-state index in [1.54, 1.807) is 32.4 Å². The first-order valence-electron chi connectivity index (χ1n) is 8.21. The summed E-state index contributed by atoms with van der Waals surface area (Å²) in [4.78, 5) is 18.1. The van der Waals surface area contributed by atoms with Gasteiger partial charge in [0.2, 0.25) is 0 Å². The highest BCUT2D eigenvalue weighted by Crippen LogP contribution is 2.36. The van der Waals surface area contributed by atoms with E-state index in [1.807, 2.05) is 31.2 Å². The van der Waals surface area contributed by atoms with Gasteiger partial charge in [0.05, 0.1) is 32.6 Å². The summed E-state index contributed by atoms with van der Waals surface area (Å²) in [5, 5.41) is 3.37. The molecule has 0 bridgehead atoms. The van der Waals surface area contributed by atoms with Crippen molar-refractivity contribution in [2.75, 3.05) is 26.6 Å². The summed E-state index contributed by atoms with van der Waals surface area (Å²) in [6.45, 7) is 1.96.